The van der Waals surface area contributed by atoms with Gasteiger partial charge in [-0.3, -0.25) is 4.98 Å². The fraction of sp³-hybridized carbons (Fsp3) is 0.357. The lowest BCUT2D eigenvalue weighted by atomic mass is 10.1. The van der Waals surface area contributed by atoms with Gasteiger partial charge in [0.1, 0.15) is 0 Å². The van der Waals surface area contributed by atoms with Crippen LogP contribution in [0.4, 0.5) is 0 Å². The van der Waals surface area contributed by atoms with Crippen molar-refractivity contribution in [1.82, 2.24) is 4.98 Å². The highest BCUT2D eigenvalue weighted by Crippen LogP contribution is 2.17. The van der Waals surface area contributed by atoms with Crippen LogP contribution in [0, 0.1) is 0 Å². The molecule has 1 nitrogen and oxygen atoms in total. The molecule has 0 aliphatic carbocycles. The van der Waals surface area contributed by atoms with Gasteiger partial charge in [0.05, 0.1) is 0 Å². The van der Waals surface area contributed by atoms with Crippen molar-refractivity contribution in [2.75, 3.05) is 0 Å². The Morgan fingerprint density at radius 2 is 1.93 bits per heavy atom. The molecule has 2 aromatic rings. The number of unbranched alkanes of at least 4 members (excludes halogenated alkanes) is 2. The summed E-state index contributed by atoms with van der Waals surface area (Å²) in [5.41, 5.74) is 1.25. The number of aromatic nitrogens is 1. The number of aryl methyl sites for hydroxylation is 1. The fourth-order valence-corrected chi connectivity index (χ4v) is 1.92. The van der Waals surface area contributed by atoms with Gasteiger partial charge >= 0.3 is 0 Å². The molecule has 0 fully saturated rings. The molecule has 0 spiro atoms. The lowest BCUT2D eigenvalue weighted by molar-refractivity contribution is 0.710. The molecule has 0 unspecified atom stereocenters. The second-order valence-electron chi connectivity index (χ2n) is 3.94. The Labute approximate surface area is 91.2 Å². The first kappa shape index (κ1) is 10.2. The van der Waals surface area contributed by atoms with Gasteiger partial charge in [-0.15, -0.1) is 0 Å². The van der Waals surface area contributed by atoms with Gasteiger partial charge in [0.15, 0.2) is 0 Å². The maximum absolute atomic E-state index is 4.48. The van der Waals surface area contributed by atoms with Gasteiger partial charge in [0.25, 0.3) is 0 Å². The molecule has 1 aromatic heterocycles. The predicted octanol–water partition coefficient (Wildman–Crippen LogP) is 3.97. The van der Waals surface area contributed by atoms with Crippen molar-refractivity contribution in [3.63, 3.8) is 0 Å². The van der Waals surface area contributed by atoms with Crippen LogP contribution in [0.5, 0.6) is 0 Å². The van der Waals surface area contributed by atoms with Crippen LogP contribution in [0.25, 0.3) is 10.8 Å². The van der Waals surface area contributed by atoms with Crippen LogP contribution in [-0.2, 0) is 6.42 Å². The number of hydrogen-bond donors (Lipinski definition) is 0. The van der Waals surface area contributed by atoms with Crippen LogP contribution in [-0.4, -0.2) is 4.98 Å². The first-order valence-electron chi connectivity index (χ1n) is 5.74. The molecule has 1 heterocycles. The second-order valence-corrected chi connectivity index (χ2v) is 3.94. The SMILES string of the molecule is CCCCCc1nccc2ccccc12. The van der Waals surface area contributed by atoms with Gasteiger partial charge in [-0.1, -0.05) is 44.0 Å². The van der Waals surface area contributed by atoms with E-state index in [-0.39, 0.29) is 0 Å². The molecule has 2 rings (SSSR count). The summed E-state index contributed by atoms with van der Waals surface area (Å²) in [4.78, 5) is 4.48. The number of rotatable bonds is 4. The standard InChI is InChI=1S/C14H17N/c1-2-3-4-9-14-13-8-6-5-7-12(13)10-11-15-14/h5-8,10-11H,2-4,9H2,1H3. The minimum Gasteiger partial charge on any atom is -0.261 e. The van der Waals surface area contributed by atoms with Gasteiger partial charge in [0, 0.05) is 17.3 Å². The van der Waals surface area contributed by atoms with Gasteiger partial charge < -0.3 is 0 Å². The zero-order valence-electron chi connectivity index (χ0n) is 9.24. The second kappa shape index (κ2) is 4.92. The molecule has 0 saturated carbocycles. The lowest BCUT2D eigenvalue weighted by Gasteiger charge is -2.04. The molecule has 0 amide bonds. The van der Waals surface area contributed by atoms with Crippen molar-refractivity contribution < 1.29 is 0 Å². The van der Waals surface area contributed by atoms with Crippen LogP contribution in [0.3, 0.4) is 0 Å². The van der Waals surface area contributed by atoms with Crippen LogP contribution < -0.4 is 0 Å². The van der Waals surface area contributed by atoms with Crippen molar-refractivity contribution in [2.45, 2.75) is 32.6 Å². The lowest BCUT2D eigenvalue weighted by Crippen LogP contribution is -1.91. The van der Waals surface area contributed by atoms with E-state index in [1.54, 1.807) is 0 Å². The number of hydrogen-bond acceptors (Lipinski definition) is 1. The summed E-state index contributed by atoms with van der Waals surface area (Å²) in [7, 11) is 0. The number of fused-ring (bicyclic) bond motifs is 1. The molecule has 0 aliphatic rings. The predicted molar refractivity (Wildman–Crippen MR) is 65.0 cm³/mol. The van der Waals surface area contributed by atoms with Crippen LogP contribution in [0.1, 0.15) is 31.9 Å². The molecular formula is C14H17N. The highest BCUT2D eigenvalue weighted by Gasteiger charge is 2.00. The fourth-order valence-electron chi connectivity index (χ4n) is 1.92. The van der Waals surface area contributed by atoms with E-state index in [0.29, 0.717) is 0 Å². The van der Waals surface area contributed by atoms with Crippen LogP contribution >= 0.6 is 0 Å². The molecule has 0 saturated heterocycles. The van der Waals surface area contributed by atoms with Crippen molar-refractivity contribution in [3.05, 3.63) is 42.2 Å². The maximum atomic E-state index is 4.48. The third-order valence-electron chi connectivity index (χ3n) is 2.77. The minimum absolute atomic E-state index is 1.11. The number of benzene rings is 1. The zero-order valence-corrected chi connectivity index (χ0v) is 9.24. The van der Waals surface area contributed by atoms with E-state index in [1.807, 2.05) is 6.20 Å². The van der Waals surface area contributed by atoms with Crippen molar-refractivity contribution in [1.29, 1.82) is 0 Å². The Kier molecular flexibility index (Phi) is 3.33. The summed E-state index contributed by atoms with van der Waals surface area (Å²) in [6, 6.07) is 10.6. The van der Waals surface area contributed by atoms with E-state index >= 15 is 0 Å². The highest BCUT2D eigenvalue weighted by molar-refractivity contribution is 5.84. The molecule has 0 radical (unpaired) electrons. The number of pyridine rings is 1. The average molecular weight is 199 g/mol. The molecule has 1 aromatic carbocycles. The first-order valence-corrected chi connectivity index (χ1v) is 5.74. The van der Waals surface area contributed by atoms with Gasteiger partial charge in [-0.05, 0) is 24.3 Å². The zero-order chi connectivity index (χ0) is 10.5. The normalized spacial score (nSPS) is 10.7. The molecule has 78 valence electrons. The summed E-state index contributed by atoms with van der Waals surface area (Å²) < 4.78 is 0. The van der Waals surface area contributed by atoms with E-state index in [4.69, 9.17) is 0 Å². The third-order valence-corrected chi connectivity index (χ3v) is 2.77. The Morgan fingerprint density at radius 3 is 2.80 bits per heavy atom. The Balaban J connectivity index is 2.26. The molecule has 0 aliphatic heterocycles. The van der Waals surface area contributed by atoms with Crippen molar-refractivity contribution in [2.24, 2.45) is 0 Å². The van der Waals surface area contributed by atoms with Gasteiger partial charge in [0.2, 0.25) is 0 Å². The monoisotopic (exact) mass is 199 g/mol. The highest BCUT2D eigenvalue weighted by atomic mass is 14.7. The topological polar surface area (TPSA) is 12.9 Å². The summed E-state index contributed by atoms with van der Waals surface area (Å²) in [6.07, 6.45) is 6.84. The van der Waals surface area contributed by atoms with Crippen molar-refractivity contribution in [3.8, 4) is 0 Å². The van der Waals surface area contributed by atoms with Crippen LogP contribution in [0.15, 0.2) is 36.5 Å². The molecule has 0 atom stereocenters. The Morgan fingerprint density at radius 1 is 1.07 bits per heavy atom. The van der Waals surface area contributed by atoms with Crippen molar-refractivity contribution >= 4 is 10.8 Å². The van der Waals surface area contributed by atoms with E-state index in [1.165, 1.54) is 35.7 Å². The van der Waals surface area contributed by atoms with E-state index < -0.39 is 0 Å². The molecule has 15 heavy (non-hydrogen) atoms. The molecular weight excluding hydrogens is 182 g/mol. The smallest absolute Gasteiger partial charge is 0.0481 e. The Hall–Kier alpha value is -1.37. The summed E-state index contributed by atoms with van der Waals surface area (Å²) >= 11 is 0. The molecule has 0 bridgehead atoms. The minimum atomic E-state index is 1.11. The third kappa shape index (κ3) is 2.35. The quantitative estimate of drug-likeness (QED) is 0.679. The van der Waals surface area contributed by atoms with Gasteiger partial charge in [-0.2, -0.15) is 0 Å². The van der Waals surface area contributed by atoms with Crippen LogP contribution in [0.2, 0.25) is 0 Å². The van der Waals surface area contributed by atoms with E-state index in [0.717, 1.165) is 6.42 Å². The van der Waals surface area contributed by atoms with Gasteiger partial charge in [-0.25, -0.2) is 0 Å². The summed E-state index contributed by atoms with van der Waals surface area (Å²) in [5.74, 6) is 0. The molecule has 0 N–H and O–H groups in total. The first-order chi connectivity index (χ1) is 7.42. The van der Waals surface area contributed by atoms with E-state index in [9.17, 15) is 0 Å². The molecule has 1 heteroatoms. The Bertz CT molecular complexity index is 429. The summed E-state index contributed by atoms with van der Waals surface area (Å²) in [5, 5.41) is 2.62. The average Bonchev–Trinajstić information content (AvgIpc) is 2.30. The largest absolute Gasteiger partial charge is 0.261 e. The summed E-state index contributed by atoms with van der Waals surface area (Å²) in [6.45, 7) is 2.23. The number of nitrogens with zero attached hydrogens (tertiary/aromatic N) is 1. The maximum Gasteiger partial charge on any atom is 0.0481 e. The van der Waals surface area contributed by atoms with E-state index in [2.05, 4.69) is 42.2 Å².